The first-order valence-electron chi connectivity index (χ1n) is 7.14. The van der Waals surface area contributed by atoms with Gasteiger partial charge in [0.1, 0.15) is 24.0 Å². The van der Waals surface area contributed by atoms with Crippen molar-refractivity contribution in [1.82, 2.24) is 9.97 Å². The fourth-order valence-corrected chi connectivity index (χ4v) is 3.20. The average Bonchev–Trinajstić information content (AvgIpc) is 2.95. The maximum Gasteiger partial charge on any atom is 0.278 e. The van der Waals surface area contributed by atoms with Crippen LogP contribution in [0.4, 0.5) is 17.5 Å². The van der Waals surface area contributed by atoms with Crippen molar-refractivity contribution >= 4 is 25.3 Å². The molecule has 140 valence electrons. The summed E-state index contributed by atoms with van der Waals surface area (Å²) in [4.78, 5) is 42.4. The number of hydrogen-bond acceptors (Lipinski definition) is 12. The summed E-state index contributed by atoms with van der Waals surface area (Å²) in [6.45, 7) is -0.654. The molecule has 0 unspecified atom stereocenters. The molecule has 0 radical (unpaired) electrons. The van der Waals surface area contributed by atoms with Gasteiger partial charge in [0, 0.05) is 7.05 Å². The molecule has 3 rings (SSSR count). The number of rotatable bonds is 4. The number of hydrogen-bond donors (Lipinski definition) is 4. The van der Waals surface area contributed by atoms with E-state index in [-0.39, 0.29) is 24.1 Å². The Hall–Kier alpha value is -1.73. The first-order valence-corrected chi connectivity index (χ1v) is 8.60. The molecule has 1 aromatic rings. The number of H-pyrrole nitrogens is 1. The Labute approximate surface area is 140 Å². The van der Waals surface area contributed by atoms with Gasteiger partial charge < -0.3 is 49.4 Å². The van der Waals surface area contributed by atoms with Crippen molar-refractivity contribution < 1.29 is 33.8 Å². The minimum atomic E-state index is -5.25. The van der Waals surface area contributed by atoms with Crippen molar-refractivity contribution in [1.29, 1.82) is 0 Å². The summed E-state index contributed by atoms with van der Waals surface area (Å²) in [5, 5.41) is 20.2. The van der Waals surface area contributed by atoms with Gasteiger partial charge in [0.25, 0.3) is 5.56 Å². The topological polar surface area (TPSA) is 200 Å². The van der Waals surface area contributed by atoms with Crippen molar-refractivity contribution in [3.63, 3.8) is 0 Å². The van der Waals surface area contributed by atoms with Crippen LogP contribution in [0.1, 0.15) is 0 Å². The number of aliphatic hydroxyl groups is 2. The predicted molar refractivity (Wildman–Crippen MR) is 79.3 cm³/mol. The number of nitrogens with two attached hydrogens (primary N) is 1. The molecule has 3 heterocycles. The largest absolute Gasteiger partial charge is 0.790 e. The van der Waals surface area contributed by atoms with Crippen LogP contribution in [0.3, 0.4) is 0 Å². The highest BCUT2D eigenvalue weighted by molar-refractivity contribution is 7.43. The standard InChI is InChI=1S/C11H18N5O8P/c1-15-3-16(8-5(15)9(19)14-11(12)13-8)10-7(18)6(17)4(24-10)2-23-25(20,21)22/h4,6-7,10,17-18H,2-3H2,1H3,(H2,20,21,22)(H3,12,13,14,19)/p-2/t4-,6-,7-,10-/m1/s1. The molecule has 4 atom stereocenters. The molecule has 0 bridgehead atoms. The van der Waals surface area contributed by atoms with Crippen LogP contribution < -0.4 is 30.9 Å². The smallest absolute Gasteiger partial charge is 0.278 e. The molecule has 1 aromatic heterocycles. The quantitative estimate of drug-likeness (QED) is 0.370. The van der Waals surface area contributed by atoms with Gasteiger partial charge in [-0.3, -0.25) is 9.78 Å². The van der Waals surface area contributed by atoms with Crippen molar-refractivity contribution in [2.75, 3.05) is 35.9 Å². The molecule has 0 spiro atoms. The van der Waals surface area contributed by atoms with Crippen molar-refractivity contribution in [3.8, 4) is 0 Å². The average molecular weight is 377 g/mol. The van der Waals surface area contributed by atoms with Crippen LogP contribution in [0.15, 0.2) is 4.79 Å². The first-order chi connectivity index (χ1) is 11.6. The maximum atomic E-state index is 12.0. The van der Waals surface area contributed by atoms with Gasteiger partial charge in [-0.25, -0.2) is 0 Å². The van der Waals surface area contributed by atoms with Crippen LogP contribution >= 0.6 is 7.82 Å². The monoisotopic (exact) mass is 377 g/mol. The van der Waals surface area contributed by atoms with Gasteiger partial charge >= 0.3 is 0 Å². The van der Waals surface area contributed by atoms with E-state index >= 15 is 0 Å². The minimum absolute atomic E-state index is 0.0957. The number of phosphoric acid groups is 1. The summed E-state index contributed by atoms with van der Waals surface area (Å²) in [5.41, 5.74) is 5.25. The van der Waals surface area contributed by atoms with E-state index in [2.05, 4.69) is 14.5 Å². The van der Waals surface area contributed by atoms with Gasteiger partial charge in [-0.2, -0.15) is 4.98 Å². The molecule has 1 saturated heterocycles. The zero-order chi connectivity index (χ0) is 18.5. The number of phosphoric ester groups is 1. The number of nitrogen functional groups attached to an aromatic ring is 1. The van der Waals surface area contributed by atoms with E-state index in [0.29, 0.717) is 0 Å². The van der Waals surface area contributed by atoms with E-state index < -0.39 is 44.5 Å². The lowest BCUT2D eigenvalue weighted by molar-refractivity contribution is -0.343. The van der Waals surface area contributed by atoms with Gasteiger partial charge in [-0.1, -0.05) is 0 Å². The van der Waals surface area contributed by atoms with Crippen LogP contribution in [0.2, 0.25) is 0 Å². The third kappa shape index (κ3) is 3.35. The molecule has 5 N–H and O–H groups in total. The zero-order valence-electron chi connectivity index (χ0n) is 12.9. The Morgan fingerprint density at radius 2 is 2.16 bits per heavy atom. The first kappa shape index (κ1) is 18.1. The highest BCUT2D eigenvalue weighted by Gasteiger charge is 2.48. The lowest BCUT2D eigenvalue weighted by Crippen LogP contribution is -2.45. The Kier molecular flexibility index (Phi) is 4.49. The van der Waals surface area contributed by atoms with Gasteiger partial charge in [0.2, 0.25) is 5.95 Å². The molecule has 0 amide bonds. The molecule has 14 heteroatoms. The fraction of sp³-hybridized carbons (Fsp3) is 0.636. The van der Waals surface area contributed by atoms with Crippen molar-refractivity contribution in [2.24, 2.45) is 0 Å². The number of aromatic nitrogens is 2. The number of anilines is 3. The summed E-state index contributed by atoms with van der Waals surface area (Å²) < 4.78 is 20.1. The number of nitrogens with zero attached hydrogens (tertiary/aromatic N) is 3. The lowest BCUT2D eigenvalue weighted by atomic mass is 10.1. The molecular formula is C11H16N5O8P-2. The molecule has 2 aliphatic heterocycles. The summed E-state index contributed by atoms with van der Waals surface area (Å²) in [6, 6.07) is 0. The zero-order valence-corrected chi connectivity index (χ0v) is 13.8. The number of fused-ring (bicyclic) bond motifs is 1. The normalized spacial score (nSPS) is 29.3. The van der Waals surface area contributed by atoms with Crippen molar-refractivity contribution in [3.05, 3.63) is 10.4 Å². The second-order valence-corrected chi connectivity index (χ2v) is 6.87. The maximum absolute atomic E-state index is 12.0. The van der Waals surface area contributed by atoms with E-state index in [9.17, 15) is 29.4 Å². The van der Waals surface area contributed by atoms with Crippen LogP contribution in [0, 0.1) is 0 Å². The second-order valence-electron chi connectivity index (χ2n) is 5.72. The molecule has 13 nitrogen and oxygen atoms in total. The van der Waals surface area contributed by atoms with E-state index in [0.717, 1.165) is 0 Å². The molecular weight excluding hydrogens is 361 g/mol. The third-order valence-corrected chi connectivity index (χ3v) is 4.42. The Balaban J connectivity index is 1.84. The second kappa shape index (κ2) is 6.21. The molecule has 1 fully saturated rings. The number of nitrogens with one attached hydrogen (secondary N) is 1. The Bertz CT molecular complexity index is 767. The lowest BCUT2D eigenvalue weighted by Gasteiger charge is -2.30. The minimum Gasteiger partial charge on any atom is -0.790 e. The van der Waals surface area contributed by atoms with Gasteiger partial charge in [-0.05, 0) is 0 Å². The highest BCUT2D eigenvalue weighted by atomic mass is 31.2. The van der Waals surface area contributed by atoms with Gasteiger partial charge in [-0.15, -0.1) is 0 Å². The molecule has 2 aliphatic rings. The summed E-state index contributed by atoms with van der Waals surface area (Å²) in [6.07, 6.45) is -5.39. The fourth-order valence-electron chi connectivity index (χ4n) is 2.87. The number of aromatic amines is 1. The molecule has 0 aromatic carbocycles. The number of aliphatic hydroxyl groups excluding tert-OH is 2. The summed E-state index contributed by atoms with van der Waals surface area (Å²) in [7, 11) is -3.65. The Morgan fingerprint density at radius 1 is 1.48 bits per heavy atom. The Morgan fingerprint density at radius 3 is 2.80 bits per heavy atom. The van der Waals surface area contributed by atoms with Crippen LogP contribution in [-0.4, -0.2) is 65.0 Å². The summed E-state index contributed by atoms with van der Waals surface area (Å²) in [5.74, 6) is -0.00416. The van der Waals surface area contributed by atoms with Gasteiger partial charge in [0.05, 0.1) is 21.1 Å². The van der Waals surface area contributed by atoms with E-state index in [4.69, 9.17) is 10.5 Å². The van der Waals surface area contributed by atoms with Crippen LogP contribution in [-0.2, 0) is 13.8 Å². The molecule has 0 aliphatic carbocycles. The third-order valence-electron chi connectivity index (χ3n) is 3.95. The van der Waals surface area contributed by atoms with E-state index in [1.54, 1.807) is 7.05 Å². The van der Waals surface area contributed by atoms with E-state index in [1.807, 2.05) is 0 Å². The predicted octanol–water partition coefficient (Wildman–Crippen LogP) is -4.14. The van der Waals surface area contributed by atoms with Crippen molar-refractivity contribution in [2.45, 2.75) is 24.5 Å². The summed E-state index contributed by atoms with van der Waals surface area (Å²) >= 11 is 0. The number of ether oxygens (including phenoxy) is 1. The van der Waals surface area contributed by atoms with Crippen LogP contribution in [0.25, 0.3) is 0 Å². The van der Waals surface area contributed by atoms with Crippen LogP contribution in [0.5, 0.6) is 0 Å². The SMILES string of the molecule is CN1CN([C@@H]2O[C@H](COP(=O)([O-])[O-])[C@@H](O)[C@H]2O)c2nc(N)[nH]c(=O)c21. The highest BCUT2D eigenvalue weighted by Crippen LogP contribution is 2.36. The van der Waals surface area contributed by atoms with Gasteiger partial charge in [0.15, 0.2) is 12.0 Å². The van der Waals surface area contributed by atoms with E-state index in [1.165, 1.54) is 9.80 Å². The molecule has 0 saturated carbocycles. The molecule has 25 heavy (non-hydrogen) atoms.